The summed E-state index contributed by atoms with van der Waals surface area (Å²) in [5.41, 5.74) is 0.501. The maximum atomic E-state index is 13.1. The number of β-amino-alcohol motifs (C(OH)–C–C–N with tert-alkyl or cyclic N) is 1. The molecular weight excluding hydrogens is 517 g/mol. The molecule has 11 heteroatoms. The van der Waals surface area contributed by atoms with Crippen molar-refractivity contribution in [2.45, 2.75) is 22.2 Å². The summed E-state index contributed by atoms with van der Waals surface area (Å²) in [5.74, 6) is 0.373. The summed E-state index contributed by atoms with van der Waals surface area (Å²) in [7, 11) is 1.65. The van der Waals surface area contributed by atoms with Gasteiger partial charge in [-0.05, 0) is 42.5 Å². The maximum Gasteiger partial charge on any atom is 0.416 e. The van der Waals surface area contributed by atoms with Crippen LogP contribution < -0.4 is 15.0 Å². The Morgan fingerprint density at radius 3 is 2.61 bits per heavy atom. The van der Waals surface area contributed by atoms with E-state index in [1.807, 2.05) is 24.3 Å². The molecule has 7 nitrogen and oxygen atoms in total. The second kappa shape index (κ2) is 12.5. The van der Waals surface area contributed by atoms with Gasteiger partial charge in [-0.25, -0.2) is 4.98 Å². The lowest BCUT2D eigenvalue weighted by Crippen LogP contribution is -2.50. The fourth-order valence-corrected chi connectivity index (χ4v) is 5.16. The van der Waals surface area contributed by atoms with Crippen molar-refractivity contribution >= 4 is 23.4 Å². The molecule has 1 amide bonds. The Bertz CT molecular complexity index is 1240. The first-order valence-electron chi connectivity index (χ1n) is 12.1. The number of ether oxygens (including phenoxy) is 1. The van der Waals surface area contributed by atoms with Gasteiger partial charge in [-0.3, -0.25) is 9.69 Å². The van der Waals surface area contributed by atoms with Gasteiger partial charge in [0.2, 0.25) is 0 Å². The third kappa shape index (κ3) is 7.18. The molecule has 0 radical (unpaired) electrons. The van der Waals surface area contributed by atoms with Crippen molar-refractivity contribution in [2.75, 3.05) is 51.3 Å². The standard InChI is InChI=1S/C27H29F3N4O3S/c1-37-24-10-3-2-9-23(24)34-14-12-33(13-15-34)18-20(35)17-32-25(36)22-8-5-11-31-26(22)38-21-7-4-6-19(16-21)27(28,29)30/h2-11,16,20,35H,12-15,17-18H2,1H3,(H,32,36). The van der Waals surface area contributed by atoms with Gasteiger partial charge in [0.15, 0.2) is 0 Å². The zero-order chi connectivity index (χ0) is 27.1. The number of para-hydroxylation sites is 2. The Hall–Kier alpha value is -3.28. The van der Waals surface area contributed by atoms with Gasteiger partial charge in [0.1, 0.15) is 10.8 Å². The number of piperazine rings is 1. The number of anilines is 1. The number of amides is 1. The highest BCUT2D eigenvalue weighted by atomic mass is 32.2. The molecule has 2 N–H and O–H groups in total. The fraction of sp³-hybridized carbons (Fsp3) is 0.333. The van der Waals surface area contributed by atoms with E-state index in [4.69, 9.17) is 4.74 Å². The molecule has 3 aromatic rings. The SMILES string of the molecule is COc1ccccc1N1CCN(CC(O)CNC(=O)c2cccnc2Sc2cccc(C(F)(F)F)c2)CC1. The highest BCUT2D eigenvalue weighted by Gasteiger charge is 2.30. The molecule has 1 aromatic heterocycles. The molecule has 2 heterocycles. The van der Waals surface area contributed by atoms with E-state index < -0.39 is 23.8 Å². The smallest absolute Gasteiger partial charge is 0.416 e. The summed E-state index contributed by atoms with van der Waals surface area (Å²) in [5, 5.41) is 13.6. The zero-order valence-electron chi connectivity index (χ0n) is 20.8. The van der Waals surface area contributed by atoms with E-state index in [1.165, 1.54) is 18.3 Å². The normalized spacial score (nSPS) is 15.2. The van der Waals surface area contributed by atoms with Gasteiger partial charge >= 0.3 is 6.18 Å². The van der Waals surface area contributed by atoms with Crippen molar-refractivity contribution in [1.29, 1.82) is 0 Å². The summed E-state index contributed by atoms with van der Waals surface area (Å²) in [6, 6.07) is 15.9. The third-order valence-electron chi connectivity index (χ3n) is 6.16. The summed E-state index contributed by atoms with van der Waals surface area (Å²) in [6.07, 6.45) is -3.77. The molecule has 1 atom stereocenters. The number of aliphatic hydroxyl groups is 1. The fourth-order valence-electron chi connectivity index (χ4n) is 4.22. The number of aliphatic hydroxyl groups excluding tert-OH is 1. The Kier molecular flexibility index (Phi) is 9.13. The summed E-state index contributed by atoms with van der Waals surface area (Å²) < 4.78 is 44.6. The number of alkyl halides is 3. The third-order valence-corrected chi connectivity index (χ3v) is 7.17. The molecule has 0 aliphatic carbocycles. The van der Waals surface area contributed by atoms with Gasteiger partial charge in [0.25, 0.3) is 5.91 Å². The first-order valence-corrected chi connectivity index (χ1v) is 12.9. The summed E-state index contributed by atoms with van der Waals surface area (Å²) >= 11 is 0.980. The van der Waals surface area contributed by atoms with Crippen molar-refractivity contribution in [1.82, 2.24) is 15.2 Å². The minimum Gasteiger partial charge on any atom is -0.495 e. The number of nitrogens with zero attached hydrogens (tertiary/aromatic N) is 3. The Morgan fingerprint density at radius 1 is 1.11 bits per heavy atom. The molecule has 1 aliphatic heterocycles. The number of halogens is 3. The summed E-state index contributed by atoms with van der Waals surface area (Å²) in [6.45, 7) is 3.51. The van der Waals surface area contributed by atoms with E-state index >= 15 is 0 Å². The monoisotopic (exact) mass is 546 g/mol. The van der Waals surface area contributed by atoms with Crippen LogP contribution in [0.1, 0.15) is 15.9 Å². The maximum absolute atomic E-state index is 13.1. The first-order chi connectivity index (χ1) is 18.2. The quantitative estimate of drug-likeness (QED) is 0.417. The highest BCUT2D eigenvalue weighted by Crippen LogP contribution is 2.35. The van der Waals surface area contributed by atoms with Gasteiger partial charge in [0, 0.05) is 50.4 Å². The number of aromatic nitrogens is 1. The van der Waals surface area contributed by atoms with E-state index in [1.54, 1.807) is 19.2 Å². The predicted molar refractivity (Wildman–Crippen MR) is 140 cm³/mol. The minimum absolute atomic E-state index is 0.0358. The van der Waals surface area contributed by atoms with Gasteiger partial charge < -0.3 is 20.1 Å². The van der Waals surface area contributed by atoms with Crippen molar-refractivity contribution in [3.8, 4) is 5.75 Å². The predicted octanol–water partition coefficient (Wildman–Crippen LogP) is 4.17. The van der Waals surface area contributed by atoms with Gasteiger partial charge in [-0.2, -0.15) is 13.2 Å². The second-order valence-corrected chi connectivity index (χ2v) is 9.87. The molecule has 1 fully saturated rings. The lowest BCUT2D eigenvalue weighted by Gasteiger charge is -2.37. The van der Waals surface area contributed by atoms with Crippen LogP contribution in [0.3, 0.4) is 0 Å². The molecule has 1 aliphatic rings. The number of carbonyl (C=O) groups is 1. The minimum atomic E-state index is -4.46. The van der Waals surface area contributed by atoms with E-state index in [-0.39, 0.29) is 17.1 Å². The van der Waals surface area contributed by atoms with Gasteiger partial charge in [-0.1, -0.05) is 30.0 Å². The Morgan fingerprint density at radius 2 is 1.87 bits per heavy atom. The number of rotatable bonds is 9. The highest BCUT2D eigenvalue weighted by molar-refractivity contribution is 7.99. The average Bonchev–Trinajstić information content (AvgIpc) is 2.92. The Labute approximate surface area is 223 Å². The molecular formula is C27H29F3N4O3S. The number of pyridine rings is 1. The molecule has 0 spiro atoms. The van der Waals surface area contributed by atoms with Crippen LogP contribution in [0.15, 0.2) is 76.8 Å². The van der Waals surface area contributed by atoms with Crippen LogP contribution in [0.25, 0.3) is 0 Å². The van der Waals surface area contributed by atoms with Crippen molar-refractivity contribution in [3.05, 3.63) is 78.0 Å². The molecule has 0 bridgehead atoms. The second-order valence-electron chi connectivity index (χ2n) is 8.81. The van der Waals surface area contributed by atoms with Crippen LogP contribution in [-0.4, -0.2) is 73.4 Å². The van der Waals surface area contributed by atoms with Gasteiger partial charge in [0.05, 0.1) is 30.0 Å². The van der Waals surface area contributed by atoms with E-state index in [2.05, 4.69) is 20.1 Å². The van der Waals surface area contributed by atoms with Crippen LogP contribution in [0.5, 0.6) is 5.75 Å². The number of carbonyl (C=O) groups excluding carboxylic acids is 1. The molecule has 2 aromatic carbocycles. The lowest BCUT2D eigenvalue weighted by molar-refractivity contribution is -0.137. The van der Waals surface area contributed by atoms with E-state index in [9.17, 15) is 23.1 Å². The van der Waals surface area contributed by atoms with Crippen LogP contribution in [0.2, 0.25) is 0 Å². The molecule has 1 unspecified atom stereocenters. The number of hydrogen-bond acceptors (Lipinski definition) is 7. The van der Waals surface area contributed by atoms with Crippen molar-refractivity contribution < 1.29 is 27.8 Å². The Balaban J connectivity index is 1.29. The van der Waals surface area contributed by atoms with Crippen LogP contribution in [0.4, 0.5) is 18.9 Å². The largest absolute Gasteiger partial charge is 0.495 e. The number of benzene rings is 2. The molecule has 4 rings (SSSR count). The van der Waals surface area contributed by atoms with Gasteiger partial charge in [-0.15, -0.1) is 0 Å². The average molecular weight is 547 g/mol. The zero-order valence-corrected chi connectivity index (χ0v) is 21.6. The molecule has 38 heavy (non-hydrogen) atoms. The number of hydrogen-bond donors (Lipinski definition) is 2. The van der Waals surface area contributed by atoms with Crippen LogP contribution >= 0.6 is 11.8 Å². The molecule has 1 saturated heterocycles. The first kappa shape index (κ1) is 27.7. The lowest BCUT2D eigenvalue weighted by atomic mass is 10.2. The number of nitrogens with one attached hydrogen (secondary N) is 1. The summed E-state index contributed by atoms with van der Waals surface area (Å²) in [4.78, 5) is 21.7. The van der Waals surface area contributed by atoms with Crippen LogP contribution in [-0.2, 0) is 6.18 Å². The van der Waals surface area contributed by atoms with Crippen molar-refractivity contribution in [3.63, 3.8) is 0 Å². The molecule has 202 valence electrons. The van der Waals surface area contributed by atoms with Crippen LogP contribution in [0, 0.1) is 0 Å². The van der Waals surface area contributed by atoms with Crippen molar-refractivity contribution in [2.24, 2.45) is 0 Å². The van der Waals surface area contributed by atoms with E-state index in [0.29, 0.717) is 11.4 Å². The molecule has 0 saturated carbocycles. The topological polar surface area (TPSA) is 77.9 Å². The van der Waals surface area contributed by atoms with E-state index in [0.717, 1.165) is 61.5 Å². The number of methoxy groups -OCH3 is 1.